The molecule has 2 aromatic carbocycles. The highest BCUT2D eigenvalue weighted by Crippen LogP contribution is 2.34. The van der Waals surface area contributed by atoms with Crippen LogP contribution in [0.3, 0.4) is 0 Å². The van der Waals surface area contributed by atoms with Gasteiger partial charge in [-0.25, -0.2) is 4.39 Å². The number of benzene rings is 2. The van der Waals surface area contributed by atoms with Gasteiger partial charge in [0.15, 0.2) is 0 Å². The fourth-order valence-electron chi connectivity index (χ4n) is 1.55. The zero-order valence-electron chi connectivity index (χ0n) is 9.48. The molecule has 0 bridgehead atoms. The van der Waals surface area contributed by atoms with Crippen molar-refractivity contribution < 1.29 is 4.39 Å². The molecule has 1 nitrogen and oxygen atoms in total. The van der Waals surface area contributed by atoms with Gasteiger partial charge in [0.2, 0.25) is 0 Å². The van der Waals surface area contributed by atoms with Crippen LogP contribution in [0.4, 0.5) is 10.1 Å². The van der Waals surface area contributed by atoms with Crippen LogP contribution in [0.2, 0.25) is 15.1 Å². The molecule has 0 aliphatic heterocycles. The average Bonchev–Trinajstić information content (AvgIpc) is 2.32. The lowest BCUT2D eigenvalue weighted by molar-refractivity contribution is 0.627. The molecule has 6 heteroatoms. The maximum absolute atomic E-state index is 13.0. The van der Waals surface area contributed by atoms with Crippen molar-refractivity contribution in [2.45, 2.75) is 6.54 Å². The molecule has 0 aliphatic carbocycles. The Labute approximate surface area is 133 Å². The molecule has 2 rings (SSSR count). The number of anilines is 1. The standard InChI is InChI=1S/C13H8BrCl3FN/c14-8-4-10(16)13(11(17)5-8)19-6-7-1-2-12(18)9(15)3-7/h1-5,19H,6H2. The maximum atomic E-state index is 13.0. The number of hydrogen-bond donors (Lipinski definition) is 1. The van der Waals surface area contributed by atoms with Crippen LogP contribution in [0.1, 0.15) is 5.56 Å². The highest BCUT2D eigenvalue weighted by molar-refractivity contribution is 9.10. The summed E-state index contributed by atoms with van der Waals surface area (Å²) in [5.41, 5.74) is 1.47. The average molecular weight is 383 g/mol. The molecular weight excluding hydrogens is 375 g/mol. The van der Waals surface area contributed by atoms with Crippen LogP contribution in [-0.2, 0) is 6.54 Å². The second kappa shape index (κ2) is 6.31. The Morgan fingerprint density at radius 1 is 1.00 bits per heavy atom. The number of halogens is 5. The van der Waals surface area contributed by atoms with Gasteiger partial charge in [0.1, 0.15) is 5.82 Å². The summed E-state index contributed by atoms with van der Waals surface area (Å²) >= 11 is 21.2. The van der Waals surface area contributed by atoms with E-state index < -0.39 is 5.82 Å². The first-order valence-electron chi connectivity index (χ1n) is 5.29. The Morgan fingerprint density at radius 2 is 1.63 bits per heavy atom. The lowest BCUT2D eigenvalue weighted by Gasteiger charge is -2.11. The van der Waals surface area contributed by atoms with Gasteiger partial charge >= 0.3 is 0 Å². The van der Waals surface area contributed by atoms with Gasteiger partial charge < -0.3 is 5.32 Å². The molecule has 0 atom stereocenters. The summed E-state index contributed by atoms with van der Waals surface area (Å²) in [6.45, 7) is 0.446. The highest BCUT2D eigenvalue weighted by atomic mass is 79.9. The molecule has 0 fully saturated rings. The summed E-state index contributed by atoms with van der Waals surface area (Å²) < 4.78 is 13.8. The van der Waals surface area contributed by atoms with Crippen molar-refractivity contribution in [3.05, 3.63) is 61.3 Å². The van der Waals surface area contributed by atoms with Crippen LogP contribution < -0.4 is 5.32 Å². The molecule has 0 amide bonds. The van der Waals surface area contributed by atoms with Crippen LogP contribution in [-0.4, -0.2) is 0 Å². The van der Waals surface area contributed by atoms with Gasteiger partial charge in [-0.1, -0.05) is 56.8 Å². The van der Waals surface area contributed by atoms with Crippen molar-refractivity contribution in [3.8, 4) is 0 Å². The summed E-state index contributed by atoms with van der Waals surface area (Å²) in [7, 11) is 0. The van der Waals surface area contributed by atoms with Gasteiger partial charge in [0.25, 0.3) is 0 Å². The number of nitrogens with one attached hydrogen (secondary N) is 1. The second-order valence-corrected chi connectivity index (χ2v) is 5.98. The predicted octanol–water partition coefficient (Wildman–Crippen LogP) is 6.16. The largest absolute Gasteiger partial charge is 0.379 e. The first-order valence-corrected chi connectivity index (χ1v) is 7.22. The molecule has 0 saturated heterocycles. The molecule has 0 aliphatic rings. The van der Waals surface area contributed by atoms with E-state index in [2.05, 4.69) is 21.2 Å². The summed E-state index contributed by atoms with van der Waals surface area (Å²) in [5.74, 6) is -0.440. The minimum absolute atomic E-state index is 0.0901. The third kappa shape index (κ3) is 3.76. The maximum Gasteiger partial charge on any atom is 0.141 e. The van der Waals surface area contributed by atoms with Gasteiger partial charge in [0, 0.05) is 11.0 Å². The molecule has 0 heterocycles. The monoisotopic (exact) mass is 381 g/mol. The summed E-state index contributed by atoms with van der Waals surface area (Å²) in [6.07, 6.45) is 0. The Hall–Kier alpha value is -0.480. The first kappa shape index (κ1) is 14.9. The molecule has 0 unspecified atom stereocenters. The zero-order chi connectivity index (χ0) is 14.0. The fourth-order valence-corrected chi connectivity index (χ4v) is 3.10. The summed E-state index contributed by atoms with van der Waals surface area (Å²) in [6, 6.07) is 8.02. The normalized spacial score (nSPS) is 10.6. The fraction of sp³-hybridized carbons (Fsp3) is 0.0769. The van der Waals surface area contributed by atoms with Crippen molar-refractivity contribution in [3.63, 3.8) is 0 Å². The van der Waals surface area contributed by atoms with Gasteiger partial charge in [0.05, 0.1) is 20.8 Å². The number of rotatable bonds is 3. The quantitative estimate of drug-likeness (QED) is 0.669. The second-order valence-electron chi connectivity index (χ2n) is 3.85. The molecule has 0 aromatic heterocycles. The van der Waals surface area contributed by atoms with Crippen LogP contribution in [0.25, 0.3) is 0 Å². The van der Waals surface area contributed by atoms with Crippen LogP contribution >= 0.6 is 50.7 Å². The summed E-state index contributed by atoms with van der Waals surface area (Å²) in [5, 5.41) is 4.21. The third-order valence-corrected chi connectivity index (χ3v) is 3.80. The van der Waals surface area contributed by atoms with E-state index in [1.54, 1.807) is 24.3 Å². The smallest absolute Gasteiger partial charge is 0.141 e. The zero-order valence-corrected chi connectivity index (χ0v) is 13.3. The molecule has 100 valence electrons. The van der Waals surface area contributed by atoms with E-state index in [4.69, 9.17) is 34.8 Å². The lowest BCUT2D eigenvalue weighted by atomic mass is 10.2. The van der Waals surface area contributed by atoms with Gasteiger partial charge in [-0.05, 0) is 29.8 Å². The minimum Gasteiger partial charge on any atom is -0.379 e. The molecule has 19 heavy (non-hydrogen) atoms. The molecule has 0 saturated carbocycles. The van der Waals surface area contributed by atoms with E-state index in [0.29, 0.717) is 22.3 Å². The van der Waals surface area contributed by atoms with Crippen LogP contribution in [0, 0.1) is 5.82 Å². The van der Waals surface area contributed by atoms with Crippen molar-refractivity contribution >= 4 is 56.4 Å². The Morgan fingerprint density at radius 3 is 2.21 bits per heavy atom. The van der Waals surface area contributed by atoms with Crippen LogP contribution in [0.15, 0.2) is 34.8 Å². The molecule has 0 spiro atoms. The third-order valence-electron chi connectivity index (χ3n) is 2.46. The molecule has 1 N–H and O–H groups in total. The van der Waals surface area contributed by atoms with Crippen LogP contribution in [0.5, 0.6) is 0 Å². The Kier molecular flexibility index (Phi) is 4.96. The van der Waals surface area contributed by atoms with Gasteiger partial charge in [-0.2, -0.15) is 0 Å². The van der Waals surface area contributed by atoms with Crippen molar-refractivity contribution in [1.29, 1.82) is 0 Å². The molecule has 2 aromatic rings. The van der Waals surface area contributed by atoms with E-state index in [9.17, 15) is 4.39 Å². The van der Waals surface area contributed by atoms with E-state index in [0.717, 1.165) is 10.0 Å². The minimum atomic E-state index is -0.440. The number of hydrogen-bond acceptors (Lipinski definition) is 1. The van der Waals surface area contributed by atoms with E-state index in [-0.39, 0.29) is 5.02 Å². The highest BCUT2D eigenvalue weighted by Gasteiger charge is 2.08. The van der Waals surface area contributed by atoms with Gasteiger partial charge in [-0.3, -0.25) is 0 Å². The van der Waals surface area contributed by atoms with E-state index in [1.807, 2.05) is 0 Å². The van der Waals surface area contributed by atoms with Gasteiger partial charge in [-0.15, -0.1) is 0 Å². The topological polar surface area (TPSA) is 12.0 Å². The Balaban J connectivity index is 2.16. The van der Waals surface area contributed by atoms with Crippen molar-refractivity contribution in [2.24, 2.45) is 0 Å². The SMILES string of the molecule is Fc1ccc(CNc2c(Cl)cc(Br)cc2Cl)cc1Cl. The summed E-state index contributed by atoms with van der Waals surface area (Å²) in [4.78, 5) is 0. The first-order chi connectivity index (χ1) is 8.97. The molecule has 0 radical (unpaired) electrons. The molecular formula is C13H8BrCl3FN. The predicted molar refractivity (Wildman–Crippen MR) is 82.9 cm³/mol. The van der Waals surface area contributed by atoms with E-state index >= 15 is 0 Å². The van der Waals surface area contributed by atoms with E-state index in [1.165, 1.54) is 6.07 Å². The van der Waals surface area contributed by atoms with Crippen molar-refractivity contribution in [2.75, 3.05) is 5.32 Å². The van der Waals surface area contributed by atoms with Crippen molar-refractivity contribution in [1.82, 2.24) is 0 Å². The lowest BCUT2D eigenvalue weighted by Crippen LogP contribution is -2.01. The Bertz CT molecular complexity index is 596.